The second-order valence-electron chi connectivity index (χ2n) is 5.86. The number of carbonyl (C=O) groups excluding carboxylic acids is 1. The van der Waals surface area contributed by atoms with Crippen LogP contribution in [0.4, 0.5) is 0 Å². The number of amides is 1. The largest absolute Gasteiger partial charge is 0.351 e. The van der Waals surface area contributed by atoms with E-state index >= 15 is 0 Å². The van der Waals surface area contributed by atoms with Crippen molar-refractivity contribution in [2.45, 2.75) is 48.1 Å². The van der Waals surface area contributed by atoms with E-state index in [2.05, 4.69) is 5.32 Å². The van der Waals surface area contributed by atoms with Crippen molar-refractivity contribution in [3.8, 4) is 0 Å². The van der Waals surface area contributed by atoms with Gasteiger partial charge in [-0.05, 0) is 31.4 Å². The molecule has 1 aromatic heterocycles. The molecule has 5 nitrogen and oxygen atoms in total. The third-order valence-electron chi connectivity index (χ3n) is 3.74. The Morgan fingerprint density at radius 1 is 1.33 bits per heavy atom. The molecule has 2 rings (SSSR count). The summed E-state index contributed by atoms with van der Waals surface area (Å²) in [6.45, 7) is 0.390. The first kappa shape index (κ1) is 20.1. The molecule has 1 saturated heterocycles. The highest BCUT2D eigenvalue weighted by atomic mass is 33.1. The molecule has 1 aromatic rings. The molecule has 1 N–H and O–H groups in total. The first-order valence-electron chi connectivity index (χ1n) is 7.96. The van der Waals surface area contributed by atoms with Gasteiger partial charge in [0.1, 0.15) is 4.21 Å². The lowest BCUT2D eigenvalue weighted by atomic mass is 10.1. The first-order chi connectivity index (χ1) is 11.4. The fourth-order valence-corrected chi connectivity index (χ4v) is 7.76. The van der Waals surface area contributed by atoms with Crippen molar-refractivity contribution in [1.29, 1.82) is 0 Å². The number of hydrogen-bond acceptors (Lipinski definition) is 6. The minimum Gasteiger partial charge on any atom is -0.351 e. The summed E-state index contributed by atoms with van der Waals surface area (Å²) < 4.78 is 25.5. The van der Waals surface area contributed by atoms with E-state index in [1.165, 1.54) is 48.3 Å². The summed E-state index contributed by atoms with van der Waals surface area (Å²) in [4.78, 5) is 12.7. The maximum Gasteiger partial charge on any atom is 0.252 e. The highest BCUT2D eigenvalue weighted by Crippen LogP contribution is 2.39. The van der Waals surface area contributed by atoms with Gasteiger partial charge in [-0.15, -0.1) is 11.3 Å². The van der Waals surface area contributed by atoms with E-state index in [0.717, 1.165) is 23.0 Å². The minimum absolute atomic E-state index is 0.0360. The third kappa shape index (κ3) is 5.94. The quantitative estimate of drug-likeness (QED) is 0.501. The Morgan fingerprint density at radius 2 is 2.12 bits per heavy atom. The number of nitrogens with one attached hydrogen (secondary N) is 1. The van der Waals surface area contributed by atoms with Gasteiger partial charge in [-0.1, -0.05) is 28.0 Å². The predicted molar refractivity (Wildman–Crippen MR) is 104 cm³/mol. The monoisotopic (exact) mass is 408 g/mol. The molecular weight excluding hydrogens is 384 g/mol. The van der Waals surface area contributed by atoms with E-state index in [4.69, 9.17) is 0 Å². The molecule has 0 bridgehead atoms. The van der Waals surface area contributed by atoms with Crippen LogP contribution in [0.1, 0.15) is 37.0 Å². The SMILES string of the molecule is CN(C)S(=O)(=O)c1ccc(CNC(=O)CCCCC2CCSS2)s1. The van der Waals surface area contributed by atoms with E-state index in [1.807, 2.05) is 21.6 Å². The van der Waals surface area contributed by atoms with Crippen LogP contribution in [0.15, 0.2) is 16.3 Å². The summed E-state index contributed by atoms with van der Waals surface area (Å²) >= 11 is 1.21. The van der Waals surface area contributed by atoms with Crippen LogP contribution in [-0.2, 0) is 21.4 Å². The number of sulfonamides is 1. The van der Waals surface area contributed by atoms with Crippen LogP contribution in [0.3, 0.4) is 0 Å². The van der Waals surface area contributed by atoms with Crippen molar-refractivity contribution < 1.29 is 13.2 Å². The number of hydrogen-bond donors (Lipinski definition) is 1. The van der Waals surface area contributed by atoms with Gasteiger partial charge in [0.2, 0.25) is 5.91 Å². The van der Waals surface area contributed by atoms with Crippen molar-refractivity contribution in [3.05, 3.63) is 17.0 Å². The minimum atomic E-state index is -3.38. The molecule has 2 heterocycles. The maximum absolute atomic E-state index is 12.0. The van der Waals surface area contributed by atoms with Crippen LogP contribution in [0, 0.1) is 0 Å². The standard InChI is InChI=1S/C15H24N2O3S4/c1-17(2)24(19,20)15-8-7-13(22-15)11-16-14(18)6-4-3-5-12-9-10-21-23-12/h7-8,12H,3-6,9-11H2,1-2H3,(H,16,18). The highest BCUT2D eigenvalue weighted by Gasteiger charge is 2.19. The Balaban J connectivity index is 1.67. The molecule has 0 aromatic carbocycles. The van der Waals surface area contributed by atoms with Crippen LogP contribution in [0.5, 0.6) is 0 Å². The summed E-state index contributed by atoms with van der Waals surface area (Å²) in [5.41, 5.74) is 0. The molecule has 1 atom stereocenters. The number of unbranched alkanes of at least 4 members (excludes halogenated alkanes) is 1. The second-order valence-corrected chi connectivity index (χ2v) is 12.2. The molecule has 0 spiro atoms. The fraction of sp³-hybridized carbons (Fsp3) is 0.667. The van der Waals surface area contributed by atoms with Gasteiger partial charge in [0.05, 0.1) is 6.54 Å². The van der Waals surface area contributed by atoms with Gasteiger partial charge >= 0.3 is 0 Å². The lowest BCUT2D eigenvalue weighted by Gasteiger charge is -2.08. The molecule has 0 aliphatic carbocycles. The smallest absolute Gasteiger partial charge is 0.252 e. The Hall–Kier alpha value is -0.220. The lowest BCUT2D eigenvalue weighted by molar-refractivity contribution is -0.121. The normalized spacial score (nSPS) is 18.2. The molecule has 0 radical (unpaired) electrons. The van der Waals surface area contributed by atoms with Gasteiger partial charge in [-0.25, -0.2) is 12.7 Å². The molecule has 1 aliphatic rings. The van der Waals surface area contributed by atoms with Crippen LogP contribution >= 0.6 is 32.9 Å². The highest BCUT2D eigenvalue weighted by molar-refractivity contribution is 8.77. The summed E-state index contributed by atoms with van der Waals surface area (Å²) in [6, 6.07) is 3.36. The Kier molecular flexibility index (Phi) is 7.93. The van der Waals surface area contributed by atoms with Gasteiger partial charge in [-0.3, -0.25) is 4.79 Å². The zero-order chi connectivity index (χ0) is 17.6. The third-order valence-corrected chi connectivity index (χ3v) is 10.1. The van der Waals surface area contributed by atoms with Crippen LogP contribution < -0.4 is 5.32 Å². The van der Waals surface area contributed by atoms with Crippen molar-refractivity contribution in [1.82, 2.24) is 9.62 Å². The topological polar surface area (TPSA) is 66.5 Å². The van der Waals surface area contributed by atoms with Crippen molar-refractivity contribution in [3.63, 3.8) is 0 Å². The van der Waals surface area contributed by atoms with E-state index in [0.29, 0.717) is 17.2 Å². The molecule has 1 aliphatic heterocycles. The Labute approximate surface area is 156 Å². The molecule has 24 heavy (non-hydrogen) atoms. The van der Waals surface area contributed by atoms with E-state index < -0.39 is 10.0 Å². The second kappa shape index (κ2) is 9.47. The van der Waals surface area contributed by atoms with Gasteiger partial charge < -0.3 is 5.32 Å². The van der Waals surface area contributed by atoms with E-state index in [-0.39, 0.29) is 5.91 Å². The lowest BCUT2D eigenvalue weighted by Crippen LogP contribution is -2.22. The summed E-state index contributed by atoms with van der Waals surface area (Å²) in [6.07, 6.45) is 5.03. The van der Waals surface area contributed by atoms with Crippen LogP contribution in [-0.4, -0.2) is 43.7 Å². The summed E-state index contributed by atoms with van der Waals surface area (Å²) in [5, 5.41) is 3.64. The molecule has 1 amide bonds. The molecule has 1 unspecified atom stereocenters. The average molecular weight is 409 g/mol. The van der Waals surface area contributed by atoms with Crippen molar-refractivity contribution >= 4 is 48.9 Å². The average Bonchev–Trinajstić information content (AvgIpc) is 3.21. The Bertz CT molecular complexity index is 637. The zero-order valence-corrected chi connectivity index (χ0v) is 17.3. The van der Waals surface area contributed by atoms with Gasteiger partial charge in [-0.2, -0.15) is 0 Å². The summed E-state index contributed by atoms with van der Waals surface area (Å²) in [7, 11) is 3.57. The molecule has 136 valence electrons. The van der Waals surface area contributed by atoms with E-state index in [9.17, 15) is 13.2 Å². The Morgan fingerprint density at radius 3 is 2.79 bits per heavy atom. The van der Waals surface area contributed by atoms with Crippen molar-refractivity contribution in [2.24, 2.45) is 0 Å². The first-order valence-corrected chi connectivity index (χ1v) is 12.6. The van der Waals surface area contributed by atoms with Gasteiger partial charge in [0, 0.05) is 36.4 Å². The maximum atomic E-state index is 12.0. The number of thiophene rings is 1. The predicted octanol–water partition coefficient (Wildman–Crippen LogP) is 3.33. The van der Waals surface area contributed by atoms with E-state index in [1.54, 1.807) is 12.1 Å². The fourth-order valence-electron chi connectivity index (χ4n) is 2.27. The molecule has 9 heteroatoms. The molecule has 1 fully saturated rings. The van der Waals surface area contributed by atoms with Crippen LogP contribution in [0.2, 0.25) is 0 Å². The number of rotatable bonds is 9. The molecule has 0 saturated carbocycles. The molecular formula is C15H24N2O3S4. The number of carbonyl (C=O) groups is 1. The zero-order valence-electron chi connectivity index (χ0n) is 14.0. The van der Waals surface area contributed by atoms with Gasteiger partial charge in [0.25, 0.3) is 10.0 Å². The van der Waals surface area contributed by atoms with Crippen molar-refractivity contribution in [2.75, 3.05) is 19.8 Å². The van der Waals surface area contributed by atoms with Gasteiger partial charge in [0.15, 0.2) is 0 Å². The summed E-state index contributed by atoms with van der Waals surface area (Å²) in [5.74, 6) is 1.29. The van der Waals surface area contributed by atoms with Crippen LogP contribution in [0.25, 0.3) is 0 Å². The number of nitrogens with zero attached hydrogens (tertiary/aromatic N) is 1.